The van der Waals surface area contributed by atoms with Crippen molar-refractivity contribution in [3.8, 4) is 0 Å². The molecule has 2 rings (SSSR count). The molecular weight excluding hydrogens is 326 g/mol. The third-order valence-electron chi connectivity index (χ3n) is 1.96. The summed E-state index contributed by atoms with van der Waals surface area (Å²) >= 11 is 4.35. The topological polar surface area (TPSA) is 72.0 Å². The molecule has 8 heteroatoms. The molecule has 0 aliphatic rings. The molecule has 1 N–H and O–H groups in total. The van der Waals surface area contributed by atoms with E-state index >= 15 is 0 Å². The molecule has 0 bridgehead atoms. The van der Waals surface area contributed by atoms with Gasteiger partial charge in [0.05, 0.1) is 0 Å². The highest BCUT2D eigenvalue weighted by Crippen LogP contribution is 2.25. The maximum absolute atomic E-state index is 12.1. The van der Waals surface area contributed by atoms with Crippen molar-refractivity contribution in [3.05, 3.63) is 33.7 Å². The van der Waals surface area contributed by atoms with Crippen molar-refractivity contribution in [1.29, 1.82) is 0 Å². The van der Waals surface area contributed by atoms with Crippen LogP contribution in [0.25, 0.3) is 0 Å². The van der Waals surface area contributed by atoms with Crippen LogP contribution < -0.4 is 4.72 Å². The van der Waals surface area contributed by atoms with Gasteiger partial charge in [0, 0.05) is 4.47 Å². The highest BCUT2D eigenvalue weighted by molar-refractivity contribution is 9.10. The Labute approximate surface area is 111 Å². The number of sulfonamides is 1. The van der Waals surface area contributed by atoms with Crippen molar-refractivity contribution in [2.45, 2.75) is 11.8 Å². The molecule has 0 unspecified atom stereocenters. The van der Waals surface area contributed by atoms with Gasteiger partial charge in [0.1, 0.15) is 10.4 Å². The predicted molar refractivity (Wildman–Crippen MR) is 69.6 cm³/mol. The maximum atomic E-state index is 12.1. The summed E-state index contributed by atoms with van der Waals surface area (Å²) in [6.07, 6.45) is 0. The van der Waals surface area contributed by atoms with E-state index in [1.165, 1.54) is 5.51 Å². The van der Waals surface area contributed by atoms with E-state index in [-0.39, 0.29) is 10.0 Å². The van der Waals surface area contributed by atoms with Gasteiger partial charge in [-0.2, -0.15) is 0 Å². The SMILES string of the molecule is Cc1ccc(Br)c(S(=O)(=O)Nc2nncs2)c1. The van der Waals surface area contributed by atoms with Crippen molar-refractivity contribution in [2.24, 2.45) is 0 Å². The minimum atomic E-state index is -3.63. The van der Waals surface area contributed by atoms with Crippen molar-refractivity contribution in [2.75, 3.05) is 4.72 Å². The molecule has 0 saturated heterocycles. The zero-order valence-electron chi connectivity index (χ0n) is 8.71. The lowest BCUT2D eigenvalue weighted by Crippen LogP contribution is -2.13. The Hall–Kier alpha value is -0.990. The van der Waals surface area contributed by atoms with Gasteiger partial charge < -0.3 is 0 Å². The van der Waals surface area contributed by atoms with Crippen LogP contribution in [0.5, 0.6) is 0 Å². The fraction of sp³-hybridized carbons (Fsp3) is 0.111. The molecule has 90 valence electrons. The van der Waals surface area contributed by atoms with Gasteiger partial charge in [0.2, 0.25) is 5.13 Å². The Morgan fingerprint density at radius 1 is 1.41 bits per heavy atom. The van der Waals surface area contributed by atoms with E-state index in [4.69, 9.17) is 0 Å². The highest BCUT2D eigenvalue weighted by atomic mass is 79.9. The molecule has 5 nitrogen and oxygen atoms in total. The van der Waals surface area contributed by atoms with Crippen LogP contribution in [0.4, 0.5) is 5.13 Å². The number of anilines is 1. The Morgan fingerprint density at radius 2 is 2.18 bits per heavy atom. The van der Waals surface area contributed by atoms with Crippen LogP contribution >= 0.6 is 27.3 Å². The van der Waals surface area contributed by atoms with E-state index in [0.717, 1.165) is 16.9 Å². The van der Waals surface area contributed by atoms with Crippen LogP contribution in [0.2, 0.25) is 0 Å². The summed E-state index contributed by atoms with van der Waals surface area (Å²) in [5, 5.41) is 7.46. The molecule has 0 atom stereocenters. The second kappa shape index (κ2) is 4.71. The van der Waals surface area contributed by atoms with Crippen molar-refractivity contribution >= 4 is 42.4 Å². The number of nitrogens with zero attached hydrogens (tertiary/aromatic N) is 2. The number of hydrogen-bond acceptors (Lipinski definition) is 5. The van der Waals surface area contributed by atoms with E-state index < -0.39 is 10.0 Å². The van der Waals surface area contributed by atoms with Crippen LogP contribution in [-0.2, 0) is 10.0 Å². The van der Waals surface area contributed by atoms with Crippen LogP contribution in [0.15, 0.2) is 33.1 Å². The van der Waals surface area contributed by atoms with Gasteiger partial charge in [-0.1, -0.05) is 17.4 Å². The lowest BCUT2D eigenvalue weighted by molar-refractivity contribution is 0.600. The lowest BCUT2D eigenvalue weighted by Gasteiger charge is -2.07. The molecule has 2 aromatic rings. The first kappa shape index (κ1) is 12.5. The molecule has 0 saturated carbocycles. The minimum Gasteiger partial charge on any atom is -0.253 e. The molecule has 1 heterocycles. The normalized spacial score (nSPS) is 11.4. The molecule has 0 fully saturated rings. The summed E-state index contributed by atoms with van der Waals surface area (Å²) in [5.41, 5.74) is 2.33. The molecule has 0 spiro atoms. The zero-order chi connectivity index (χ0) is 12.5. The van der Waals surface area contributed by atoms with Crippen molar-refractivity contribution in [3.63, 3.8) is 0 Å². The first-order valence-electron chi connectivity index (χ1n) is 4.54. The number of benzene rings is 1. The van der Waals surface area contributed by atoms with Gasteiger partial charge in [-0.05, 0) is 40.5 Å². The number of nitrogens with one attached hydrogen (secondary N) is 1. The van der Waals surface area contributed by atoms with Gasteiger partial charge in [0.15, 0.2) is 0 Å². The Bertz CT molecular complexity index is 626. The molecule has 0 aliphatic heterocycles. The first-order valence-corrected chi connectivity index (χ1v) is 7.70. The molecule has 1 aromatic carbocycles. The van der Waals surface area contributed by atoms with E-state index in [0.29, 0.717) is 4.47 Å². The largest absolute Gasteiger partial charge is 0.264 e. The summed E-state index contributed by atoms with van der Waals surface area (Å²) < 4.78 is 27.0. The number of halogens is 1. The standard InChI is InChI=1S/C9H8BrN3O2S2/c1-6-2-3-7(10)8(4-6)17(14,15)13-9-12-11-5-16-9/h2-5H,1H3,(H,12,13). The van der Waals surface area contributed by atoms with Crippen LogP contribution in [0, 0.1) is 6.92 Å². The predicted octanol–water partition coefficient (Wildman–Crippen LogP) is 2.41. The Kier molecular flexibility index (Phi) is 3.45. The smallest absolute Gasteiger partial charge is 0.253 e. The lowest BCUT2D eigenvalue weighted by atomic mass is 10.2. The quantitative estimate of drug-likeness (QED) is 0.936. The van der Waals surface area contributed by atoms with Crippen LogP contribution in [0.3, 0.4) is 0 Å². The van der Waals surface area contributed by atoms with E-state index in [1.54, 1.807) is 12.1 Å². The van der Waals surface area contributed by atoms with E-state index in [1.807, 2.05) is 13.0 Å². The second-order valence-electron chi connectivity index (χ2n) is 3.28. The average Bonchev–Trinajstić information content (AvgIpc) is 2.73. The van der Waals surface area contributed by atoms with E-state index in [9.17, 15) is 8.42 Å². The van der Waals surface area contributed by atoms with Crippen molar-refractivity contribution in [1.82, 2.24) is 10.2 Å². The summed E-state index contributed by atoms with van der Waals surface area (Å²) in [6.45, 7) is 1.83. The fourth-order valence-corrected chi connectivity index (χ4v) is 3.95. The average molecular weight is 334 g/mol. The van der Waals surface area contributed by atoms with Gasteiger partial charge in [-0.25, -0.2) is 8.42 Å². The van der Waals surface area contributed by atoms with Crippen LogP contribution in [0.1, 0.15) is 5.56 Å². The van der Waals surface area contributed by atoms with Gasteiger partial charge in [-0.15, -0.1) is 10.2 Å². The summed E-state index contributed by atoms with van der Waals surface area (Å²) in [5.74, 6) is 0. The van der Waals surface area contributed by atoms with Crippen LogP contribution in [-0.4, -0.2) is 18.6 Å². The van der Waals surface area contributed by atoms with Crippen molar-refractivity contribution < 1.29 is 8.42 Å². The summed E-state index contributed by atoms with van der Waals surface area (Å²) in [4.78, 5) is 0.188. The second-order valence-corrected chi connectivity index (χ2v) is 6.62. The summed E-state index contributed by atoms with van der Waals surface area (Å²) in [7, 11) is -3.63. The molecule has 0 amide bonds. The monoisotopic (exact) mass is 333 g/mol. The maximum Gasteiger partial charge on any atom is 0.264 e. The molecule has 0 radical (unpaired) electrons. The molecular formula is C9H8BrN3O2S2. The Balaban J connectivity index is 2.41. The van der Waals surface area contributed by atoms with Gasteiger partial charge >= 0.3 is 0 Å². The third-order valence-corrected chi connectivity index (χ3v) is 5.03. The molecule has 0 aliphatic carbocycles. The number of rotatable bonds is 3. The Morgan fingerprint density at radius 3 is 2.82 bits per heavy atom. The minimum absolute atomic E-state index is 0.188. The fourth-order valence-electron chi connectivity index (χ4n) is 1.20. The zero-order valence-corrected chi connectivity index (χ0v) is 11.9. The number of aromatic nitrogens is 2. The molecule has 17 heavy (non-hydrogen) atoms. The van der Waals surface area contributed by atoms with Gasteiger partial charge in [0.25, 0.3) is 10.0 Å². The first-order chi connectivity index (χ1) is 7.99. The van der Waals surface area contributed by atoms with Gasteiger partial charge in [-0.3, -0.25) is 4.72 Å². The summed E-state index contributed by atoms with van der Waals surface area (Å²) in [6, 6.07) is 5.12. The number of hydrogen-bond donors (Lipinski definition) is 1. The van der Waals surface area contributed by atoms with E-state index in [2.05, 4.69) is 30.8 Å². The molecule has 1 aromatic heterocycles. The number of aryl methyl sites for hydroxylation is 1. The third kappa shape index (κ3) is 2.82. The highest BCUT2D eigenvalue weighted by Gasteiger charge is 2.19.